The first-order valence-electron chi connectivity index (χ1n) is 9.58. The summed E-state index contributed by atoms with van der Waals surface area (Å²) >= 11 is 1.41. The van der Waals surface area contributed by atoms with E-state index in [4.69, 9.17) is 4.74 Å². The molecule has 2 N–H and O–H groups in total. The molecule has 1 aromatic carbocycles. The third kappa shape index (κ3) is 5.23. The Morgan fingerprint density at radius 1 is 1.14 bits per heavy atom. The second-order valence-corrected chi connectivity index (χ2v) is 9.52. The van der Waals surface area contributed by atoms with Crippen LogP contribution in [0.1, 0.15) is 47.0 Å². The smallest absolute Gasteiger partial charge is 0.341 e. The molecule has 0 radical (unpaired) electrons. The van der Waals surface area contributed by atoms with Gasteiger partial charge in [0.1, 0.15) is 5.00 Å². The van der Waals surface area contributed by atoms with E-state index < -0.39 is 16.0 Å². The lowest BCUT2D eigenvalue weighted by atomic mass is 9.95. The van der Waals surface area contributed by atoms with Crippen molar-refractivity contribution in [2.45, 2.75) is 43.9 Å². The van der Waals surface area contributed by atoms with Gasteiger partial charge in [-0.05, 0) is 50.3 Å². The van der Waals surface area contributed by atoms with Crippen molar-refractivity contribution in [2.75, 3.05) is 18.5 Å². The standard InChI is InChI=1S/C20H24N2O5S2/c1-2-27-20(24)18-15-10-6-7-11-16(15)28-19(18)22-17(23)12-13-21-29(25,26)14-8-4-3-5-9-14/h3-5,8-9,21H,2,6-7,10-13H2,1H3,(H,22,23). The van der Waals surface area contributed by atoms with Crippen molar-refractivity contribution < 1.29 is 22.7 Å². The Balaban J connectivity index is 1.65. The molecule has 1 amide bonds. The molecule has 0 atom stereocenters. The topological polar surface area (TPSA) is 102 Å². The van der Waals surface area contributed by atoms with Gasteiger partial charge in [-0.25, -0.2) is 17.9 Å². The highest BCUT2D eigenvalue weighted by atomic mass is 32.2. The fraction of sp³-hybridized carbons (Fsp3) is 0.400. The summed E-state index contributed by atoms with van der Waals surface area (Å²) in [7, 11) is -3.66. The minimum atomic E-state index is -3.66. The van der Waals surface area contributed by atoms with Crippen LogP contribution in [0, 0.1) is 0 Å². The minimum absolute atomic E-state index is 0.0388. The number of thiophene rings is 1. The van der Waals surface area contributed by atoms with Crippen molar-refractivity contribution >= 4 is 38.2 Å². The highest BCUT2D eigenvalue weighted by Gasteiger charge is 2.27. The third-order valence-electron chi connectivity index (χ3n) is 4.60. The summed E-state index contributed by atoms with van der Waals surface area (Å²) in [6, 6.07) is 7.98. The Morgan fingerprint density at radius 3 is 2.59 bits per heavy atom. The maximum absolute atomic E-state index is 12.4. The van der Waals surface area contributed by atoms with E-state index in [2.05, 4.69) is 10.0 Å². The molecule has 0 aliphatic heterocycles. The molecule has 1 aliphatic carbocycles. The van der Waals surface area contributed by atoms with E-state index in [0.717, 1.165) is 36.1 Å². The average molecular weight is 437 g/mol. The van der Waals surface area contributed by atoms with Crippen molar-refractivity contribution in [2.24, 2.45) is 0 Å². The molecule has 3 rings (SSSR count). The molecular formula is C20H24N2O5S2. The number of esters is 1. The first kappa shape index (κ1) is 21.5. The first-order chi connectivity index (χ1) is 13.9. The van der Waals surface area contributed by atoms with Crippen LogP contribution in [0.25, 0.3) is 0 Å². The van der Waals surface area contributed by atoms with E-state index in [0.29, 0.717) is 10.6 Å². The van der Waals surface area contributed by atoms with Crippen LogP contribution in [0.2, 0.25) is 0 Å². The lowest BCUT2D eigenvalue weighted by Crippen LogP contribution is -2.28. The predicted molar refractivity (Wildman–Crippen MR) is 112 cm³/mol. The molecule has 0 bridgehead atoms. The largest absolute Gasteiger partial charge is 0.462 e. The van der Waals surface area contributed by atoms with Crippen LogP contribution in [-0.4, -0.2) is 33.4 Å². The molecule has 1 aliphatic rings. The summed E-state index contributed by atoms with van der Waals surface area (Å²) in [5.41, 5.74) is 1.42. The molecule has 156 valence electrons. The van der Waals surface area contributed by atoms with Crippen molar-refractivity contribution in [1.82, 2.24) is 4.72 Å². The number of fused-ring (bicyclic) bond motifs is 1. The van der Waals surface area contributed by atoms with Gasteiger partial charge < -0.3 is 10.1 Å². The number of anilines is 1. The SMILES string of the molecule is CCOC(=O)c1c(NC(=O)CCNS(=O)(=O)c2ccccc2)sc2c1CCCC2. The van der Waals surface area contributed by atoms with Crippen LogP contribution in [0.4, 0.5) is 5.00 Å². The highest BCUT2D eigenvalue weighted by Crippen LogP contribution is 2.38. The number of nitrogens with one attached hydrogen (secondary N) is 2. The monoisotopic (exact) mass is 436 g/mol. The van der Waals surface area contributed by atoms with Gasteiger partial charge in [0.05, 0.1) is 17.1 Å². The van der Waals surface area contributed by atoms with Crippen LogP contribution >= 0.6 is 11.3 Å². The second-order valence-electron chi connectivity index (χ2n) is 6.64. The van der Waals surface area contributed by atoms with Crippen LogP contribution in [0.15, 0.2) is 35.2 Å². The molecule has 29 heavy (non-hydrogen) atoms. The number of carbonyl (C=O) groups is 2. The van der Waals surface area contributed by atoms with Crippen molar-refractivity contribution in [3.05, 3.63) is 46.3 Å². The maximum Gasteiger partial charge on any atom is 0.341 e. The second kappa shape index (κ2) is 9.51. The number of rotatable bonds is 8. The predicted octanol–water partition coefficient (Wildman–Crippen LogP) is 3.11. The Morgan fingerprint density at radius 2 is 1.86 bits per heavy atom. The molecule has 0 spiro atoms. The number of sulfonamides is 1. The van der Waals surface area contributed by atoms with Gasteiger partial charge in [-0.1, -0.05) is 18.2 Å². The van der Waals surface area contributed by atoms with Crippen molar-refractivity contribution in [1.29, 1.82) is 0 Å². The van der Waals surface area contributed by atoms with E-state index in [1.54, 1.807) is 25.1 Å². The zero-order chi connectivity index (χ0) is 20.9. The summed E-state index contributed by atoms with van der Waals surface area (Å²) in [6.45, 7) is 1.97. The zero-order valence-electron chi connectivity index (χ0n) is 16.2. The fourth-order valence-electron chi connectivity index (χ4n) is 3.24. The van der Waals surface area contributed by atoms with Gasteiger partial charge in [-0.2, -0.15) is 0 Å². The van der Waals surface area contributed by atoms with Gasteiger partial charge in [0.2, 0.25) is 15.9 Å². The Kier molecular flexibility index (Phi) is 7.05. The summed E-state index contributed by atoms with van der Waals surface area (Å²) < 4.78 is 32.0. The summed E-state index contributed by atoms with van der Waals surface area (Å²) in [5.74, 6) is -0.781. The Labute approximate surface area is 174 Å². The van der Waals surface area contributed by atoms with Gasteiger partial charge in [0, 0.05) is 17.8 Å². The lowest BCUT2D eigenvalue weighted by molar-refractivity contribution is -0.116. The number of hydrogen-bond donors (Lipinski definition) is 2. The molecule has 0 fully saturated rings. The van der Waals surface area contributed by atoms with Crippen LogP contribution < -0.4 is 10.0 Å². The average Bonchev–Trinajstić information content (AvgIpc) is 3.06. The summed E-state index contributed by atoms with van der Waals surface area (Å²) in [4.78, 5) is 26.1. The molecular weight excluding hydrogens is 412 g/mol. The van der Waals surface area contributed by atoms with Gasteiger partial charge in [-0.15, -0.1) is 11.3 Å². The molecule has 1 heterocycles. The van der Waals surface area contributed by atoms with Crippen molar-refractivity contribution in [3.8, 4) is 0 Å². The number of ether oxygens (including phenoxy) is 1. The van der Waals surface area contributed by atoms with Crippen LogP contribution in [-0.2, 0) is 32.4 Å². The van der Waals surface area contributed by atoms with E-state index in [1.165, 1.54) is 23.5 Å². The number of aryl methyl sites for hydroxylation is 1. The van der Waals surface area contributed by atoms with Gasteiger partial charge in [-0.3, -0.25) is 4.79 Å². The van der Waals surface area contributed by atoms with E-state index in [1.807, 2.05) is 0 Å². The lowest BCUT2D eigenvalue weighted by Gasteiger charge is -2.12. The normalized spacial score (nSPS) is 13.6. The maximum atomic E-state index is 12.4. The van der Waals surface area contributed by atoms with Crippen molar-refractivity contribution in [3.63, 3.8) is 0 Å². The molecule has 0 unspecified atom stereocenters. The Hall–Kier alpha value is -2.23. The van der Waals surface area contributed by atoms with Gasteiger partial charge >= 0.3 is 5.97 Å². The van der Waals surface area contributed by atoms with Crippen LogP contribution in [0.5, 0.6) is 0 Å². The summed E-state index contributed by atoms with van der Waals surface area (Å²) in [6.07, 6.45) is 3.71. The number of carbonyl (C=O) groups excluding carboxylic acids is 2. The van der Waals surface area contributed by atoms with E-state index in [9.17, 15) is 18.0 Å². The van der Waals surface area contributed by atoms with Gasteiger partial charge in [0.25, 0.3) is 0 Å². The fourth-order valence-corrected chi connectivity index (χ4v) is 5.59. The highest BCUT2D eigenvalue weighted by molar-refractivity contribution is 7.89. The molecule has 0 saturated heterocycles. The quantitative estimate of drug-likeness (QED) is 0.619. The zero-order valence-corrected chi connectivity index (χ0v) is 17.8. The van der Waals surface area contributed by atoms with E-state index in [-0.39, 0.29) is 30.4 Å². The molecule has 1 aromatic heterocycles. The molecule has 2 aromatic rings. The number of amides is 1. The van der Waals surface area contributed by atoms with Crippen LogP contribution in [0.3, 0.4) is 0 Å². The first-order valence-corrected chi connectivity index (χ1v) is 11.9. The third-order valence-corrected chi connectivity index (χ3v) is 7.29. The molecule has 0 saturated carbocycles. The Bertz CT molecular complexity index is 984. The summed E-state index contributed by atoms with van der Waals surface area (Å²) in [5, 5.41) is 3.27. The van der Waals surface area contributed by atoms with Gasteiger partial charge in [0.15, 0.2) is 0 Å². The molecule has 9 heteroatoms. The van der Waals surface area contributed by atoms with E-state index >= 15 is 0 Å². The molecule has 7 nitrogen and oxygen atoms in total. The minimum Gasteiger partial charge on any atom is -0.462 e. The number of benzene rings is 1. The number of hydrogen-bond acceptors (Lipinski definition) is 6.